The zero-order chi connectivity index (χ0) is 19.2. The van der Waals surface area contributed by atoms with Gasteiger partial charge in [-0.25, -0.2) is 9.97 Å². The third-order valence-corrected chi connectivity index (χ3v) is 4.83. The van der Waals surface area contributed by atoms with Crippen LogP contribution in [0.3, 0.4) is 0 Å². The van der Waals surface area contributed by atoms with Gasteiger partial charge in [0, 0.05) is 12.5 Å². The predicted octanol–water partition coefficient (Wildman–Crippen LogP) is 3.68. The van der Waals surface area contributed by atoms with E-state index in [1.54, 1.807) is 12.5 Å². The summed E-state index contributed by atoms with van der Waals surface area (Å²) in [5.74, 6) is 1.63. The molecule has 0 spiro atoms. The first-order chi connectivity index (χ1) is 13.8. The molecule has 0 atom stereocenters. The summed E-state index contributed by atoms with van der Waals surface area (Å²) in [6, 6.07) is 8.88. The second-order valence-electron chi connectivity index (χ2n) is 6.99. The molecule has 0 bridgehead atoms. The van der Waals surface area contributed by atoms with Crippen LogP contribution in [-0.2, 0) is 6.42 Å². The van der Waals surface area contributed by atoms with Crippen molar-refractivity contribution >= 4 is 16.9 Å². The van der Waals surface area contributed by atoms with Gasteiger partial charge in [-0.15, -0.1) is 0 Å². The Morgan fingerprint density at radius 3 is 2.68 bits per heavy atom. The predicted molar refractivity (Wildman–Crippen MR) is 106 cm³/mol. The number of fused-ring (bicyclic) bond motifs is 1. The van der Waals surface area contributed by atoms with Crippen molar-refractivity contribution in [2.45, 2.75) is 45.1 Å². The first kappa shape index (κ1) is 18.1. The van der Waals surface area contributed by atoms with E-state index in [0.29, 0.717) is 6.04 Å². The average molecular weight is 377 g/mol. The Morgan fingerprint density at radius 1 is 1.11 bits per heavy atom. The highest BCUT2D eigenvalue weighted by Gasteiger charge is 2.16. The van der Waals surface area contributed by atoms with Crippen LogP contribution in [0.4, 0.5) is 5.82 Å². The first-order valence-electron chi connectivity index (χ1n) is 9.49. The van der Waals surface area contributed by atoms with Crippen molar-refractivity contribution in [1.29, 1.82) is 0 Å². The zero-order valence-electron chi connectivity index (χ0n) is 15.8. The number of aromatic nitrogens is 6. The molecule has 0 unspecified atom stereocenters. The summed E-state index contributed by atoms with van der Waals surface area (Å²) < 4.78 is 4.65. The molecule has 1 fully saturated rings. The molecule has 1 aliphatic rings. The molecule has 8 nitrogen and oxygen atoms in total. The normalized spacial score (nSPS) is 14.0. The van der Waals surface area contributed by atoms with E-state index in [9.17, 15) is 0 Å². The van der Waals surface area contributed by atoms with Crippen molar-refractivity contribution in [1.82, 2.24) is 30.3 Å². The molecule has 1 aliphatic carbocycles. The molecule has 3 aromatic heterocycles. The Morgan fingerprint density at radius 2 is 1.93 bits per heavy atom. The second-order valence-corrected chi connectivity index (χ2v) is 6.99. The Hall–Kier alpha value is -3.29. The number of nitrogens with zero attached hydrogens (tertiary/aromatic N) is 5. The standard InChI is InChI=1S/C10H13N5.C10H10N2O/c1-2-4-7(3-1)14-9-8-5-13-15-10(8)12-6-11-9;1-8-2-4-9(5-3-8)6-10-11-7-13-12-10/h5-7H,1-4H2,(H2,11,12,13,14,15);2-5,7H,6H2,1H3. The lowest BCUT2D eigenvalue weighted by molar-refractivity contribution is 0.411. The minimum atomic E-state index is 0.568. The molecule has 28 heavy (non-hydrogen) atoms. The molecule has 0 amide bonds. The molecule has 5 rings (SSSR count). The van der Waals surface area contributed by atoms with Gasteiger partial charge in [0.1, 0.15) is 12.1 Å². The number of H-pyrrole nitrogens is 1. The first-order valence-corrected chi connectivity index (χ1v) is 9.49. The molecule has 1 aromatic carbocycles. The van der Waals surface area contributed by atoms with Gasteiger partial charge in [-0.05, 0) is 25.3 Å². The van der Waals surface area contributed by atoms with E-state index in [1.165, 1.54) is 43.2 Å². The van der Waals surface area contributed by atoms with Gasteiger partial charge in [-0.1, -0.05) is 47.8 Å². The molecule has 4 aromatic rings. The van der Waals surface area contributed by atoms with Crippen LogP contribution < -0.4 is 5.32 Å². The van der Waals surface area contributed by atoms with Crippen LogP contribution in [-0.4, -0.2) is 36.3 Å². The highest BCUT2D eigenvalue weighted by atomic mass is 16.5. The monoisotopic (exact) mass is 377 g/mol. The summed E-state index contributed by atoms with van der Waals surface area (Å²) in [6.07, 6.45) is 10.5. The summed E-state index contributed by atoms with van der Waals surface area (Å²) in [6.45, 7) is 2.07. The largest absolute Gasteiger partial charge is 0.367 e. The maximum absolute atomic E-state index is 4.65. The zero-order valence-corrected chi connectivity index (χ0v) is 15.8. The average Bonchev–Trinajstić information content (AvgIpc) is 3.47. The Labute approximate surface area is 162 Å². The fourth-order valence-corrected chi connectivity index (χ4v) is 3.30. The molecule has 2 N–H and O–H groups in total. The SMILES string of the molecule is Cc1ccc(Cc2ncon2)cc1.c1nc(NC2CCCC2)c2cn[nH]c2n1. The van der Waals surface area contributed by atoms with Crippen LogP contribution in [0.15, 0.2) is 47.7 Å². The van der Waals surface area contributed by atoms with E-state index < -0.39 is 0 Å². The van der Waals surface area contributed by atoms with Gasteiger partial charge in [0.15, 0.2) is 11.5 Å². The van der Waals surface area contributed by atoms with E-state index in [1.807, 2.05) is 0 Å². The maximum Gasteiger partial charge on any atom is 0.213 e. The van der Waals surface area contributed by atoms with Crippen molar-refractivity contribution < 1.29 is 4.52 Å². The number of aromatic amines is 1. The van der Waals surface area contributed by atoms with Crippen molar-refractivity contribution in [2.75, 3.05) is 5.32 Å². The van der Waals surface area contributed by atoms with Crippen molar-refractivity contribution in [2.24, 2.45) is 0 Å². The van der Waals surface area contributed by atoms with E-state index in [2.05, 4.69) is 71.3 Å². The van der Waals surface area contributed by atoms with Crippen molar-refractivity contribution in [3.63, 3.8) is 0 Å². The van der Waals surface area contributed by atoms with Gasteiger partial charge >= 0.3 is 0 Å². The minimum absolute atomic E-state index is 0.568. The quantitative estimate of drug-likeness (QED) is 0.559. The van der Waals surface area contributed by atoms with E-state index in [-0.39, 0.29) is 0 Å². The minimum Gasteiger partial charge on any atom is -0.367 e. The molecule has 0 radical (unpaired) electrons. The lowest BCUT2D eigenvalue weighted by Crippen LogP contribution is -2.15. The Balaban J connectivity index is 0.000000139. The number of anilines is 1. The van der Waals surface area contributed by atoms with E-state index in [4.69, 9.17) is 0 Å². The Kier molecular flexibility index (Phi) is 5.56. The van der Waals surface area contributed by atoms with Crippen LogP contribution in [0.5, 0.6) is 0 Å². The van der Waals surface area contributed by atoms with Crippen molar-refractivity contribution in [3.05, 3.63) is 60.1 Å². The molecule has 3 heterocycles. The summed E-state index contributed by atoms with van der Waals surface area (Å²) in [5, 5.41) is 15.0. The van der Waals surface area contributed by atoms with Gasteiger partial charge in [0.25, 0.3) is 0 Å². The maximum atomic E-state index is 4.65. The van der Waals surface area contributed by atoms with E-state index >= 15 is 0 Å². The summed E-state index contributed by atoms with van der Waals surface area (Å²) in [4.78, 5) is 12.3. The van der Waals surface area contributed by atoms with Crippen LogP contribution >= 0.6 is 0 Å². The van der Waals surface area contributed by atoms with Gasteiger partial charge in [0.2, 0.25) is 6.39 Å². The third kappa shape index (κ3) is 4.51. The fraction of sp³-hybridized carbons (Fsp3) is 0.350. The highest BCUT2D eigenvalue weighted by Crippen LogP contribution is 2.24. The lowest BCUT2D eigenvalue weighted by Gasteiger charge is -2.12. The second kappa shape index (κ2) is 8.60. The molecule has 8 heteroatoms. The van der Waals surface area contributed by atoms with Gasteiger partial charge in [0.05, 0.1) is 11.6 Å². The van der Waals surface area contributed by atoms with Crippen LogP contribution in [0.2, 0.25) is 0 Å². The number of rotatable bonds is 4. The third-order valence-electron chi connectivity index (χ3n) is 4.83. The topological polar surface area (TPSA) is 105 Å². The molecule has 1 saturated carbocycles. The number of nitrogens with one attached hydrogen (secondary N) is 2. The summed E-state index contributed by atoms with van der Waals surface area (Å²) in [7, 11) is 0. The van der Waals surface area contributed by atoms with Gasteiger partial charge in [-0.3, -0.25) is 5.10 Å². The van der Waals surface area contributed by atoms with Crippen molar-refractivity contribution in [3.8, 4) is 0 Å². The number of benzene rings is 1. The van der Waals surface area contributed by atoms with Crippen LogP contribution in [0.25, 0.3) is 11.0 Å². The molecule has 0 saturated heterocycles. The fourth-order valence-electron chi connectivity index (χ4n) is 3.30. The number of hydrogen-bond donors (Lipinski definition) is 2. The number of hydrogen-bond acceptors (Lipinski definition) is 7. The molecular formula is C20H23N7O. The van der Waals surface area contributed by atoms with Crippen LogP contribution in [0.1, 0.15) is 42.6 Å². The van der Waals surface area contributed by atoms with E-state index in [0.717, 1.165) is 29.1 Å². The van der Waals surface area contributed by atoms with Crippen LogP contribution in [0, 0.1) is 6.92 Å². The molecule has 0 aliphatic heterocycles. The Bertz CT molecular complexity index is 989. The molecule has 144 valence electrons. The summed E-state index contributed by atoms with van der Waals surface area (Å²) >= 11 is 0. The van der Waals surface area contributed by atoms with Gasteiger partial charge < -0.3 is 9.84 Å². The lowest BCUT2D eigenvalue weighted by atomic mass is 10.1. The van der Waals surface area contributed by atoms with Gasteiger partial charge in [-0.2, -0.15) is 10.1 Å². The summed E-state index contributed by atoms with van der Waals surface area (Å²) in [5.41, 5.74) is 3.26. The molecular weight excluding hydrogens is 354 g/mol. The highest BCUT2D eigenvalue weighted by molar-refractivity contribution is 5.85. The smallest absolute Gasteiger partial charge is 0.213 e. The number of aryl methyl sites for hydroxylation is 1.